The smallest absolute Gasteiger partial charge is 0.335 e. The Morgan fingerprint density at radius 3 is 2.43 bits per heavy atom. The molecule has 0 radical (unpaired) electrons. The first-order valence-corrected chi connectivity index (χ1v) is 10.5. The average molecular weight is 488 g/mol. The molecule has 3 aromatic rings. The number of fused-ring (bicyclic) bond motifs is 4. The van der Waals surface area contributed by atoms with Crippen molar-refractivity contribution in [1.29, 1.82) is 0 Å². The summed E-state index contributed by atoms with van der Waals surface area (Å²) in [7, 11) is 0. The molecule has 2 heterocycles. The molecular formula is C23H20O12. The molecule has 1 aliphatic carbocycles. The summed E-state index contributed by atoms with van der Waals surface area (Å²) in [5.74, 6) is -3.70. The van der Waals surface area contributed by atoms with Gasteiger partial charge in [0.25, 0.3) is 0 Å². The van der Waals surface area contributed by atoms with Gasteiger partial charge in [-0.05, 0) is 36.6 Å². The maximum absolute atomic E-state index is 13.2. The molecule has 12 nitrogen and oxygen atoms in total. The van der Waals surface area contributed by atoms with Crippen LogP contribution in [-0.2, 0) is 22.4 Å². The Hall–Kier alpha value is -3.84. The first kappa shape index (κ1) is 22.9. The van der Waals surface area contributed by atoms with E-state index in [9.17, 15) is 45.3 Å². The maximum Gasteiger partial charge on any atom is 0.335 e. The van der Waals surface area contributed by atoms with E-state index in [4.69, 9.17) is 13.9 Å². The molecule has 1 fully saturated rings. The number of hydrogen-bond donors (Lipinski definition) is 7. The van der Waals surface area contributed by atoms with Crippen molar-refractivity contribution in [3.05, 3.63) is 45.6 Å². The lowest BCUT2D eigenvalue weighted by Crippen LogP contribution is -2.61. The monoisotopic (exact) mass is 488 g/mol. The van der Waals surface area contributed by atoms with Crippen molar-refractivity contribution >= 4 is 16.9 Å². The van der Waals surface area contributed by atoms with Crippen molar-refractivity contribution in [1.82, 2.24) is 0 Å². The van der Waals surface area contributed by atoms with E-state index in [-0.39, 0.29) is 34.5 Å². The van der Waals surface area contributed by atoms with Crippen molar-refractivity contribution in [3.63, 3.8) is 0 Å². The summed E-state index contributed by atoms with van der Waals surface area (Å²) in [5, 5.41) is 69.7. The third-order valence-corrected chi connectivity index (χ3v) is 6.22. The molecule has 2 aromatic carbocycles. The molecule has 0 bridgehead atoms. The molecule has 1 aromatic heterocycles. The van der Waals surface area contributed by atoms with E-state index < -0.39 is 59.4 Å². The lowest BCUT2D eigenvalue weighted by molar-refractivity contribution is -0.271. The number of phenols is 3. The van der Waals surface area contributed by atoms with Crippen molar-refractivity contribution in [2.24, 2.45) is 0 Å². The number of carbonyl (C=O) groups is 1. The molecule has 5 atom stereocenters. The second-order valence-corrected chi connectivity index (χ2v) is 8.38. The summed E-state index contributed by atoms with van der Waals surface area (Å²) in [6, 6.07) is 5.61. The number of aliphatic hydroxyl groups excluding tert-OH is 3. The third-order valence-electron chi connectivity index (χ3n) is 6.22. The molecule has 0 saturated carbocycles. The van der Waals surface area contributed by atoms with Gasteiger partial charge in [0, 0.05) is 17.2 Å². The molecular weight excluding hydrogens is 468 g/mol. The SMILES string of the molecule is O=C(O)[C@H]1O[C@H](Oc2cc3oc4c(c(=O)c3c(O)c2O)CCc2cc(O)ccc2-4)[C@H](O)[C@@H](O)[C@@H]1O. The minimum absolute atomic E-state index is 0.0478. The van der Waals surface area contributed by atoms with Crippen LogP contribution in [0.2, 0.25) is 0 Å². The van der Waals surface area contributed by atoms with Crippen molar-refractivity contribution in [2.45, 2.75) is 43.5 Å². The predicted molar refractivity (Wildman–Crippen MR) is 115 cm³/mol. The van der Waals surface area contributed by atoms with Crippen LogP contribution >= 0.6 is 0 Å². The second-order valence-electron chi connectivity index (χ2n) is 8.38. The van der Waals surface area contributed by atoms with Crippen LogP contribution in [-0.4, -0.2) is 72.4 Å². The van der Waals surface area contributed by atoms with E-state index in [2.05, 4.69) is 0 Å². The number of carboxylic acids is 1. The van der Waals surface area contributed by atoms with Crippen molar-refractivity contribution in [2.75, 3.05) is 0 Å². The molecule has 184 valence electrons. The molecule has 5 rings (SSSR count). The van der Waals surface area contributed by atoms with Crippen LogP contribution in [0.4, 0.5) is 0 Å². The van der Waals surface area contributed by atoms with Gasteiger partial charge in [-0.25, -0.2) is 4.79 Å². The highest BCUT2D eigenvalue weighted by atomic mass is 16.7. The van der Waals surface area contributed by atoms with Gasteiger partial charge in [0.05, 0.1) is 0 Å². The van der Waals surface area contributed by atoms with Gasteiger partial charge in [0.15, 0.2) is 23.0 Å². The van der Waals surface area contributed by atoms with Gasteiger partial charge in [0.2, 0.25) is 12.0 Å². The van der Waals surface area contributed by atoms with Crippen LogP contribution in [0.25, 0.3) is 22.3 Å². The summed E-state index contributed by atoms with van der Waals surface area (Å²) in [6.45, 7) is 0. The van der Waals surface area contributed by atoms with E-state index >= 15 is 0 Å². The van der Waals surface area contributed by atoms with Gasteiger partial charge in [-0.3, -0.25) is 4.79 Å². The van der Waals surface area contributed by atoms with E-state index in [0.717, 1.165) is 11.6 Å². The summed E-state index contributed by atoms with van der Waals surface area (Å²) in [5.41, 5.74) is 0.792. The van der Waals surface area contributed by atoms with E-state index in [1.165, 1.54) is 6.07 Å². The molecule has 1 aliphatic heterocycles. The summed E-state index contributed by atoms with van der Waals surface area (Å²) in [6.07, 6.45) is -8.95. The molecule has 0 spiro atoms. The Kier molecular flexibility index (Phi) is 5.33. The zero-order chi connectivity index (χ0) is 25.2. The number of benzene rings is 2. The first-order chi connectivity index (χ1) is 16.6. The number of ether oxygens (including phenoxy) is 2. The Morgan fingerprint density at radius 1 is 0.971 bits per heavy atom. The quantitative estimate of drug-likeness (QED) is 0.242. The second kappa shape index (κ2) is 8.13. The molecule has 0 unspecified atom stereocenters. The summed E-state index contributed by atoms with van der Waals surface area (Å²) in [4.78, 5) is 24.5. The zero-order valence-corrected chi connectivity index (χ0v) is 17.8. The minimum atomic E-state index is -1.95. The van der Waals surface area contributed by atoms with E-state index in [1.807, 2.05) is 0 Å². The fourth-order valence-electron chi connectivity index (χ4n) is 4.41. The van der Waals surface area contributed by atoms with Gasteiger partial charge in [-0.1, -0.05) is 0 Å². The number of carboxylic acid groups (broad SMARTS) is 1. The van der Waals surface area contributed by atoms with E-state index in [0.29, 0.717) is 12.0 Å². The van der Waals surface area contributed by atoms with Gasteiger partial charge in [-0.15, -0.1) is 0 Å². The topological polar surface area (TPSA) is 207 Å². The fourth-order valence-corrected chi connectivity index (χ4v) is 4.41. The summed E-state index contributed by atoms with van der Waals surface area (Å²) < 4.78 is 16.3. The average Bonchev–Trinajstić information content (AvgIpc) is 2.81. The van der Waals surface area contributed by atoms with E-state index in [1.54, 1.807) is 12.1 Å². The van der Waals surface area contributed by atoms with Crippen molar-refractivity contribution in [3.8, 4) is 34.3 Å². The predicted octanol–water partition coefficient (Wildman–Crippen LogP) is -0.0536. The van der Waals surface area contributed by atoms with Crippen LogP contribution in [0.5, 0.6) is 23.0 Å². The lowest BCUT2D eigenvalue weighted by atomic mass is 9.89. The number of aliphatic hydroxyl groups is 3. The standard InChI is InChI=1S/C23H20O12/c24-8-2-4-9-7(5-8)1-3-10-14(25)13-11(33-20(9)10)6-12(15(26)16(13)27)34-23-19(30)17(28)18(29)21(35-23)22(31)32/h2,4-6,17-19,21,23-24,26-30H,1,3H2,(H,31,32)/t17-,18-,19+,21-,23-/m0/s1. The Morgan fingerprint density at radius 2 is 1.71 bits per heavy atom. The Balaban J connectivity index is 1.61. The summed E-state index contributed by atoms with van der Waals surface area (Å²) >= 11 is 0. The highest BCUT2D eigenvalue weighted by Gasteiger charge is 2.48. The molecule has 7 N–H and O–H groups in total. The lowest BCUT2D eigenvalue weighted by Gasteiger charge is -2.38. The number of aromatic hydroxyl groups is 3. The highest BCUT2D eigenvalue weighted by molar-refractivity contribution is 5.91. The molecule has 0 amide bonds. The molecule has 35 heavy (non-hydrogen) atoms. The normalized spacial score (nSPS) is 25.6. The van der Waals surface area contributed by atoms with Crippen LogP contribution in [0.3, 0.4) is 0 Å². The Labute approximate surface area is 195 Å². The fraction of sp³-hybridized carbons (Fsp3) is 0.304. The van der Waals surface area contributed by atoms with Gasteiger partial charge in [0.1, 0.15) is 40.8 Å². The molecule has 2 aliphatic rings. The maximum atomic E-state index is 13.2. The number of aryl methyl sites for hydroxylation is 1. The van der Waals surface area contributed by atoms with Gasteiger partial charge in [-0.2, -0.15) is 0 Å². The Bertz CT molecular complexity index is 1410. The number of phenolic OH excluding ortho intramolecular Hbond substituents is 3. The highest BCUT2D eigenvalue weighted by Crippen LogP contribution is 2.44. The third kappa shape index (κ3) is 3.54. The zero-order valence-electron chi connectivity index (χ0n) is 17.8. The number of rotatable bonds is 3. The molecule has 1 saturated heterocycles. The van der Waals surface area contributed by atoms with Crippen LogP contribution in [0.15, 0.2) is 33.5 Å². The first-order valence-electron chi connectivity index (χ1n) is 10.5. The number of hydrogen-bond acceptors (Lipinski definition) is 11. The van der Waals surface area contributed by atoms with Crippen LogP contribution < -0.4 is 10.2 Å². The van der Waals surface area contributed by atoms with Crippen LogP contribution in [0, 0.1) is 0 Å². The van der Waals surface area contributed by atoms with Gasteiger partial charge < -0.3 is 49.6 Å². The molecule has 12 heteroatoms. The number of aliphatic carboxylic acids is 1. The minimum Gasteiger partial charge on any atom is -0.508 e. The van der Waals surface area contributed by atoms with Gasteiger partial charge >= 0.3 is 5.97 Å². The van der Waals surface area contributed by atoms with Crippen molar-refractivity contribution < 1.29 is 54.4 Å². The van der Waals surface area contributed by atoms with Crippen LogP contribution in [0.1, 0.15) is 11.1 Å². The largest absolute Gasteiger partial charge is 0.508 e.